The predicted octanol–water partition coefficient (Wildman–Crippen LogP) is 2.40. The molecular weight excluding hydrogens is 250 g/mol. The number of hydrogen-bond donors (Lipinski definition) is 2. The van der Waals surface area contributed by atoms with E-state index in [0.29, 0.717) is 4.88 Å². The average Bonchev–Trinajstić information content (AvgIpc) is 2.75. The van der Waals surface area contributed by atoms with Crippen molar-refractivity contribution in [3.8, 4) is 0 Å². The second-order valence-electron chi connectivity index (χ2n) is 4.53. The van der Waals surface area contributed by atoms with E-state index in [-0.39, 0.29) is 18.4 Å². The van der Waals surface area contributed by atoms with Crippen molar-refractivity contribution in [1.82, 2.24) is 5.32 Å². The molecular formula is C13H19NO3S. The molecule has 1 unspecified atom stereocenters. The molecule has 0 aliphatic carbocycles. The molecule has 0 aliphatic heterocycles. The van der Waals surface area contributed by atoms with Gasteiger partial charge in [-0.25, -0.2) is 0 Å². The lowest BCUT2D eigenvalue weighted by molar-refractivity contribution is -0.142. The van der Waals surface area contributed by atoms with Crippen LogP contribution in [0.15, 0.2) is 11.4 Å². The lowest BCUT2D eigenvalue weighted by atomic mass is 9.96. The van der Waals surface area contributed by atoms with Gasteiger partial charge < -0.3 is 10.4 Å². The highest BCUT2D eigenvalue weighted by atomic mass is 32.1. The van der Waals surface area contributed by atoms with Crippen molar-refractivity contribution >= 4 is 23.2 Å². The highest BCUT2D eigenvalue weighted by molar-refractivity contribution is 7.12. The molecule has 0 saturated heterocycles. The zero-order valence-corrected chi connectivity index (χ0v) is 11.7. The fourth-order valence-electron chi connectivity index (χ4n) is 1.70. The zero-order valence-electron chi connectivity index (χ0n) is 10.9. The first-order chi connectivity index (χ1) is 8.47. The minimum Gasteiger partial charge on any atom is -0.481 e. The topological polar surface area (TPSA) is 66.4 Å². The van der Waals surface area contributed by atoms with Gasteiger partial charge in [-0.15, -0.1) is 11.3 Å². The van der Waals surface area contributed by atoms with Gasteiger partial charge in [0.1, 0.15) is 0 Å². The molecule has 0 aromatic carbocycles. The molecule has 1 heterocycles. The van der Waals surface area contributed by atoms with Gasteiger partial charge in [-0.2, -0.15) is 0 Å². The van der Waals surface area contributed by atoms with Crippen LogP contribution in [0.3, 0.4) is 0 Å². The van der Waals surface area contributed by atoms with Gasteiger partial charge in [-0.1, -0.05) is 20.8 Å². The molecule has 0 spiro atoms. The van der Waals surface area contributed by atoms with Crippen molar-refractivity contribution in [3.63, 3.8) is 0 Å². The summed E-state index contributed by atoms with van der Waals surface area (Å²) in [4.78, 5) is 23.6. The lowest BCUT2D eigenvalue weighted by Crippen LogP contribution is -2.35. The summed E-state index contributed by atoms with van der Waals surface area (Å²) in [6, 6.07) is 1.93. The lowest BCUT2D eigenvalue weighted by Gasteiger charge is -2.16. The third-order valence-corrected chi connectivity index (χ3v) is 3.89. The molecule has 2 N–H and O–H groups in total. The van der Waals surface area contributed by atoms with Gasteiger partial charge in [0, 0.05) is 6.54 Å². The Labute approximate surface area is 111 Å². The standard InChI is InChI=1S/C13H19NO3S/c1-4-9-5-6-18-11(9)12(15)14-7-10(8(2)3)13(16)17/h5-6,8,10H,4,7H2,1-3H3,(H,14,15)(H,16,17). The van der Waals surface area contributed by atoms with Crippen molar-refractivity contribution < 1.29 is 14.7 Å². The van der Waals surface area contributed by atoms with E-state index >= 15 is 0 Å². The number of rotatable bonds is 6. The van der Waals surface area contributed by atoms with Crippen LogP contribution in [-0.2, 0) is 11.2 Å². The van der Waals surface area contributed by atoms with E-state index in [1.54, 1.807) is 0 Å². The van der Waals surface area contributed by atoms with Crippen LogP contribution in [0.25, 0.3) is 0 Å². The highest BCUT2D eigenvalue weighted by Crippen LogP contribution is 2.17. The molecule has 1 atom stereocenters. The van der Waals surface area contributed by atoms with Crippen LogP contribution < -0.4 is 5.32 Å². The second-order valence-corrected chi connectivity index (χ2v) is 5.44. The number of aryl methyl sites for hydroxylation is 1. The summed E-state index contributed by atoms with van der Waals surface area (Å²) >= 11 is 1.39. The fraction of sp³-hybridized carbons (Fsp3) is 0.538. The maximum absolute atomic E-state index is 11.9. The van der Waals surface area contributed by atoms with E-state index < -0.39 is 11.9 Å². The smallest absolute Gasteiger partial charge is 0.308 e. The van der Waals surface area contributed by atoms with Gasteiger partial charge in [0.2, 0.25) is 0 Å². The predicted molar refractivity (Wildman–Crippen MR) is 72.0 cm³/mol. The summed E-state index contributed by atoms with van der Waals surface area (Å²) in [6.07, 6.45) is 0.804. The van der Waals surface area contributed by atoms with Gasteiger partial charge >= 0.3 is 5.97 Å². The van der Waals surface area contributed by atoms with Crippen molar-refractivity contribution in [2.45, 2.75) is 27.2 Å². The maximum Gasteiger partial charge on any atom is 0.308 e. The molecule has 0 bridgehead atoms. The van der Waals surface area contributed by atoms with E-state index in [1.807, 2.05) is 32.2 Å². The number of carboxylic acid groups (broad SMARTS) is 1. The molecule has 5 heteroatoms. The number of nitrogens with one attached hydrogen (secondary N) is 1. The fourth-order valence-corrected chi connectivity index (χ4v) is 2.62. The molecule has 18 heavy (non-hydrogen) atoms. The molecule has 0 fully saturated rings. The molecule has 1 aromatic heterocycles. The number of amides is 1. The second kappa shape index (κ2) is 6.54. The van der Waals surface area contributed by atoms with Crippen molar-refractivity contribution in [2.75, 3.05) is 6.54 Å². The normalized spacial score (nSPS) is 12.4. The third-order valence-electron chi connectivity index (χ3n) is 2.94. The number of aliphatic carboxylic acids is 1. The van der Waals surface area contributed by atoms with Crippen LogP contribution >= 0.6 is 11.3 Å². The Bertz CT molecular complexity index is 426. The van der Waals surface area contributed by atoms with Crippen LogP contribution in [0.4, 0.5) is 0 Å². The third kappa shape index (κ3) is 3.57. The van der Waals surface area contributed by atoms with Crippen molar-refractivity contribution in [2.24, 2.45) is 11.8 Å². The molecule has 4 nitrogen and oxygen atoms in total. The molecule has 0 saturated carbocycles. The minimum atomic E-state index is -0.868. The minimum absolute atomic E-state index is 0.00298. The van der Waals surface area contributed by atoms with Gasteiger partial charge in [-0.05, 0) is 29.3 Å². The Morgan fingerprint density at radius 3 is 2.61 bits per heavy atom. The summed E-state index contributed by atoms with van der Waals surface area (Å²) in [5.41, 5.74) is 1.01. The average molecular weight is 269 g/mol. The Balaban J connectivity index is 2.63. The van der Waals surface area contributed by atoms with E-state index in [0.717, 1.165) is 12.0 Å². The first kappa shape index (κ1) is 14.7. The highest BCUT2D eigenvalue weighted by Gasteiger charge is 2.22. The number of carbonyl (C=O) groups is 2. The van der Waals surface area contributed by atoms with Crippen LogP contribution in [0.5, 0.6) is 0 Å². The van der Waals surface area contributed by atoms with E-state index in [1.165, 1.54) is 11.3 Å². The van der Waals surface area contributed by atoms with Gasteiger partial charge in [0.25, 0.3) is 5.91 Å². The number of hydrogen-bond acceptors (Lipinski definition) is 3. The Kier molecular flexibility index (Phi) is 5.34. The van der Waals surface area contributed by atoms with Gasteiger partial charge in [0.05, 0.1) is 10.8 Å². The molecule has 100 valence electrons. The number of thiophene rings is 1. The van der Waals surface area contributed by atoms with E-state index in [4.69, 9.17) is 5.11 Å². The monoisotopic (exact) mass is 269 g/mol. The van der Waals surface area contributed by atoms with E-state index in [9.17, 15) is 9.59 Å². The molecule has 1 rings (SSSR count). The Morgan fingerprint density at radius 2 is 2.11 bits per heavy atom. The summed E-state index contributed by atoms with van der Waals surface area (Å²) in [7, 11) is 0. The summed E-state index contributed by atoms with van der Waals surface area (Å²) < 4.78 is 0. The summed E-state index contributed by atoms with van der Waals surface area (Å²) in [5, 5.41) is 13.6. The van der Waals surface area contributed by atoms with Crippen LogP contribution in [-0.4, -0.2) is 23.5 Å². The van der Waals surface area contributed by atoms with Crippen molar-refractivity contribution in [3.05, 3.63) is 21.9 Å². The van der Waals surface area contributed by atoms with E-state index in [2.05, 4.69) is 5.32 Å². The number of carboxylic acids is 1. The van der Waals surface area contributed by atoms with Crippen molar-refractivity contribution in [1.29, 1.82) is 0 Å². The quantitative estimate of drug-likeness (QED) is 0.833. The largest absolute Gasteiger partial charge is 0.481 e. The first-order valence-corrected chi connectivity index (χ1v) is 6.92. The maximum atomic E-state index is 11.9. The molecule has 1 amide bonds. The molecule has 0 radical (unpaired) electrons. The zero-order chi connectivity index (χ0) is 13.7. The van der Waals surface area contributed by atoms with Gasteiger partial charge in [-0.3, -0.25) is 9.59 Å². The van der Waals surface area contributed by atoms with Gasteiger partial charge in [0.15, 0.2) is 0 Å². The Morgan fingerprint density at radius 1 is 1.44 bits per heavy atom. The number of carbonyl (C=O) groups excluding carboxylic acids is 1. The summed E-state index contributed by atoms with van der Waals surface area (Å²) in [5.74, 6) is -1.59. The van der Waals surface area contributed by atoms with Crippen LogP contribution in [0.2, 0.25) is 0 Å². The summed E-state index contributed by atoms with van der Waals surface area (Å²) in [6.45, 7) is 5.85. The Hall–Kier alpha value is -1.36. The molecule has 0 aliphatic rings. The van der Waals surface area contributed by atoms with Crippen LogP contribution in [0.1, 0.15) is 36.0 Å². The first-order valence-electron chi connectivity index (χ1n) is 6.04. The molecule has 1 aromatic rings. The SMILES string of the molecule is CCc1ccsc1C(=O)NCC(C(=O)O)C(C)C. The van der Waals surface area contributed by atoms with Crippen LogP contribution in [0, 0.1) is 11.8 Å².